The molecule has 0 atom stereocenters. The van der Waals surface area contributed by atoms with Crippen LogP contribution in [0.25, 0.3) is 0 Å². The summed E-state index contributed by atoms with van der Waals surface area (Å²) in [6, 6.07) is 0. The first-order chi connectivity index (χ1) is 8.77. The van der Waals surface area contributed by atoms with E-state index in [1.807, 2.05) is 0 Å². The van der Waals surface area contributed by atoms with Crippen LogP contribution in [0.15, 0.2) is 0 Å². The van der Waals surface area contributed by atoms with E-state index in [-0.39, 0.29) is 51.4 Å². The van der Waals surface area contributed by atoms with E-state index in [1.165, 1.54) is 6.42 Å². The Labute approximate surface area is 159 Å². The number of rotatable bonds is 14. The van der Waals surface area contributed by atoms with Crippen LogP contribution < -0.4 is 56.7 Å². The van der Waals surface area contributed by atoms with Crippen molar-refractivity contribution >= 4 is 6.41 Å². The van der Waals surface area contributed by atoms with E-state index < -0.39 is 0 Å². The molecule has 0 aliphatic heterocycles. The molecule has 1 N–H and O–H groups in total. The predicted octanol–water partition coefficient (Wildman–Crippen LogP) is -1.87. The van der Waals surface area contributed by atoms with Crippen LogP contribution in [0.4, 0.5) is 0 Å². The van der Waals surface area contributed by atoms with Gasteiger partial charge in [-0.2, -0.15) is 6.41 Å². The van der Waals surface area contributed by atoms with Crippen molar-refractivity contribution in [2.75, 3.05) is 46.2 Å². The molecule has 1 amide bonds. The molecule has 0 aromatic carbocycles. The summed E-state index contributed by atoms with van der Waals surface area (Å²) in [5.74, 6) is 0.744. The summed E-state index contributed by atoms with van der Waals surface area (Å²) in [6.07, 6.45) is 3.90. The second-order valence-electron chi connectivity index (χ2n) is 4.40. The molecule has 0 rings (SSSR count). The Bertz CT molecular complexity index is 182. The minimum Gasteiger partial charge on any atom is -0.528 e. The van der Waals surface area contributed by atoms with Gasteiger partial charge >= 0.3 is 51.4 Å². The third kappa shape index (κ3) is 21.4. The Morgan fingerprint density at radius 1 is 0.947 bits per heavy atom. The quantitative estimate of drug-likeness (QED) is 0.177. The topological polar surface area (TPSA) is 56.8 Å². The fraction of sp³-hybridized carbons (Fsp3) is 0.923. The molecule has 0 aromatic rings. The first-order valence-electron chi connectivity index (χ1n) is 6.60. The van der Waals surface area contributed by atoms with Crippen LogP contribution in [0.1, 0.15) is 26.7 Å². The van der Waals surface area contributed by atoms with Crippen LogP contribution in [-0.2, 0) is 19.0 Å². The SMILES string of the molecule is CC(C)CCCOCCOCCOCCN[C-]=O.[K+]. The summed E-state index contributed by atoms with van der Waals surface area (Å²) in [6.45, 7) is 8.55. The van der Waals surface area contributed by atoms with Crippen molar-refractivity contribution in [3.63, 3.8) is 0 Å². The third-order valence-corrected chi connectivity index (χ3v) is 2.26. The van der Waals surface area contributed by atoms with Gasteiger partial charge in [0.05, 0.1) is 33.0 Å². The van der Waals surface area contributed by atoms with Gasteiger partial charge in [0, 0.05) is 13.2 Å². The Balaban J connectivity index is 0. The Hall–Kier alpha value is 0.986. The van der Waals surface area contributed by atoms with Gasteiger partial charge in [-0.1, -0.05) is 13.8 Å². The predicted molar refractivity (Wildman–Crippen MR) is 70.2 cm³/mol. The summed E-state index contributed by atoms with van der Waals surface area (Å²) in [7, 11) is 0. The molecule has 0 saturated heterocycles. The van der Waals surface area contributed by atoms with Crippen molar-refractivity contribution in [2.45, 2.75) is 26.7 Å². The first kappa shape index (κ1) is 22.3. The average Bonchev–Trinajstić information content (AvgIpc) is 2.34. The number of nitrogens with one attached hydrogen (secondary N) is 1. The Morgan fingerprint density at radius 2 is 1.47 bits per heavy atom. The van der Waals surface area contributed by atoms with Crippen molar-refractivity contribution in [1.29, 1.82) is 0 Å². The van der Waals surface area contributed by atoms with Gasteiger partial charge in [-0.25, -0.2) is 0 Å². The summed E-state index contributed by atoms with van der Waals surface area (Å²) >= 11 is 0. The van der Waals surface area contributed by atoms with Crippen LogP contribution in [0.2, 0.25) is 0 Å². The molecule has 0 fully saturated rings. The molecule has 0 saturated carbocycles. The van der Waals surface area contributed by atoms with E-state index in [1.54, 1.807) is 6.41 Å². The molecule has 0 heterocycles. The standard InChI is InChI=1S/C13H26NO4.K/c1-13(2)4-3-6-16-8-10-18-11-9-17-7-5-14-12-15;/h13H,3-11H2,1-2H3,(H,14,15);/q-1;+1. The normalized spacial score (nSPS) is 10.3. The van der Waals surface area contributed by atoms with Gasteiger partial charge in [-0.05, 0) is 18.8 Å². The summed E-state index contributed by atoms with van der Waals surface area (Å²) in [5, 5.41) is 2.40. The molecule has 0 aliphatic carbocycles. The summed E-state index contributed by atoms with van der Waals surface area (Å²) < 4.78 is 15.9. The number of hydrogen-bond donors (Lipinski definition) is 1. The van der Waals surface area contributed by atoms with Gasteiger partial charge in [-0.15, -0.1) is 0 Å². The van der Waals surface area contributed by atoms with Crippen LogP contribution in [-0.4, -0.2) is 52.6 Å². The summed E-state index contributed by atoms with van der Waals surface area (Å²) in [4.78, 5) is 9.79. The number of amides is 1. The third-order valence-electron chi connectivity index (χ3n) is 2.26. The zero-order valence-electron chi connectivity index (χ0n) is 12.6. The fourth-order valence-electron chi connectivity index (χ4n) is 1.31. The van der Waals surface area contributed by atoms with E-state index >= 15 is 0 Å². The average molecular weight is 299 g/mol. The summed E-state index contributed by atoms with van der Waals surface area (Å²) in [5.41, 5.74) is 0. The van der Waals surface area contributed by atoms with Crippen LogP contribution >= 0.6 is 0 Å². The molecule has 0 radical (unpaired) electrons. The van der Waals surface area contributed by atoms with Crippen molar-refractivity contribution in [3.05, 3.63) is 0 Å². The molecule has 108 valence electrons. The maximum Gasteiger partial charge on any atom is 1.00 e. The van der Waals surface area contributed by atoms with Crippen molar-refractivity contribution in [1.82, 2.24) is 5.32 Å². The molecular weight excluding hydrogens is 273 g/mol. The van der Waals surface area contributed by atoms with Crippen molar-refractivity contribution in [3.8, 4) is 0 Å². The van der Waals surface area contributed by atoms with Crippen molar-refractivity contribution < 1.29 is 70.4 Å². The van der Waals surface area contributed by atoms with E-state index in [4.69, 9.17) is 14.2 Å². The van der Waals surface area contributed by atoms with E-state index in [9.17, 15) is 4.79 Å². The zero-order valence-corrected chi connectivity index (χ0v) is 15.7. The Kier molecular flexibility index (Phi) is 22.3. The van der Waals surface area contributed by atoms with Gasteiger partial charge in [0.1, 0.15) is 0 Å². The van der Waals surface area contributed by atoms with Gasteiger partial charge in [0.25, 0.3) is 0 Å². The maximum atomic E-state index is 9.79. The molecule has 0 aliphatic rings. The van der Waals surface area contributed by atoms with Crippen LogP contribution in [0.3, 0.4) is 0 Å². The van der Waals surface area contributed by atoms with Crippen LogP contribution in [0, 0.1) is 5.92 Å². The zero-order chi connectivity index (χ0) is 13.5. The smallest absolute Gasteiger partial charge is 0.528 e. The molecular formula is C13H26KNO4. The number of carbonyl (C=O) groups excluding carboxylic acids is 1. The molecule has 6 heteroatoms. The first-order valence-corrected chi connectivity index (χ1v) is 6.60. The second kappa shape index (κ2) is 19.0. The minimum absolute atomic E-state index is 0. The second-order valence-corrected chi connectivity index (χ2v) is 4.40. The van der Waals surface area contributed by atoms with Crippen LogP contribution in [0.5, 0.6) is 0 Å². The van der Waals surface area contributed by atoms with Gasteiger partial charge in [0.2, 0.25) is 0 Å². The molecule has 0 unspecified atom stereocenters. The van der Waals surface area contributed by atoms with Gasteiger partial charge in [-0.3, -0.25) is 0 Å². The van der Waals surface area contributed by atoms with Crippen molar-refractivity contribution in [2.24, 2.45) is 5.92 Å². The van der Waals surface area contributed by atoms with E-state index in [0.29, 0.717) is 39.6 Å². The van der Waals surface area contributed by atoms with Gasteiger partial charge in [0.15, 0.2) is 0 Å². The van der Waals surface area contributed by atoms with Gasteiger partial charge < -0.3 is 24.3 Å². The van der Waals surface area contributed by atoms with E-state index in [2.05, 4.69) is 19.2 Å². The fourth-order valence-corrected chi connectivity index (χ4v) is 1.31. The molecule has 0 bridgehead atoms. The molecule has 19 heavy (non-hydrogen) atoms. The monoisotopic (exact) mass is 299 g/mol. The molecule has 5 nitrogen and oxygen atoms in total. The molecule has 0 aromatic heterocycles. The number of ether oxygens (including phenoxy) is 3. The minimum atomic E-state index is 0. The Morgan fingerprint density at radius 3 is 2.00 bits per heavy atom. The molecule has 0 spiro atoms. The number of hydrogen-bond acceptors (Lipinski definition) is 4. The van der Waals surface area contributed by atoms with E-state index in [0.717, 1.165) is 18.9 Å². The largest absolute Gasteiger partial charge is 1.00 e. The maximum absolute atomic E-state index is 9.79.